The van der Waals surface area contributed by atoms with E-state index in [2.05, 4.69) is 6.58 Å². The van der Waals surface area contributed by atoms with Crippen LogP contribution in [0, 0.1) is 5.92 Å². The van der Waals surface area contributed by atoms with E-state index in [-0.39, 0.29) is 24.5 Å². The van der Waals surface area contributed by atoms with E-state index >= 15 is 0 Å². The van der Waals surface area contributed by atoms with Crippen molar-refractivity contribution < 1.29 is 22.1 Å². The molecule has 0 aliphatic carbocycles. The molecule has 1 aliphatic rings. The third-order valence-corrected chi connectivity index (χ3v) is 4.63. The van der Waals surface area contributed by atoms with Crippen LogP contribution < -0.4 is 4.74 Å². The molecule has 1 aromatic carbocycles. The van der Waals surface area contributed by atoms with Crippen molar-refractivity contribution in [2.75, 3.05) is 20.0 Å². The number of allylic oxidation sites excluding steroid dienone is 1. The Morgan fingerprint density at radius 2 is 2.00 bits per heavy atom. The van der Waals surface area contributed by atoms with Gasteiger partial charge >= 0.3 is 0 Å². The van der Waals surface area contributed by atoms with Crippen molar-refractivity contribution >= 4 is 16.0 Å². The van der Waals surface area contributed by atoms with Crippen LogP contribution in [0.4, 0.5) is 0 Å². The van der Waals surface area contributed by atoms with Gasteiger partial charge in [0, 0.05) is 12.5 Å². The Bertz CT molecular complexity index is 683. The van der Waals surface area contributed by atoms with Crippen LogP contribution in [0.1, 0.15) is 18.4 Å². The minimum Gasteiger partial charge on any atom is -0.497 e. The molecule has 1 amide bonds. The standard InChI is InChI=1S/C17H23NO5S/c1-4-5-14-10-15(12-23-24(3,20)21)18(17(14)19)11-13-6-8-16(22-2)9-7-13/h4,6-9,14-15H,1,5,10-12H2,2-3H3/t14-,15+/m1/s1. The molecule has 0 spiro atoms. The summed E-state index contributed by atoms with van der Waals surface area (Å²) in [6.45, 7) is 4.08. The topological polar surface area (TPSA) is 72.9 Å². The maximum Gasteiger partial charge on any atom is 0.264 e. The highest BCUT2D eigenvalue weighted by Gasteiger charge is 2.39. The summed E-state index contributed by atoms with van der Waals surface area (Å²) in [5.74, 6) is 0.578. The highest BCUT2D eigenvalue weighted by molar-refractivity contribution is 7.85. The van der Waals surface area contributed by atoms with Crippen molar-refractivity contribution in [3.8, 4) is 5.75 Å². The summed E-state index contributed by atoms with van der Waals surface area (Å²) in [4.78, 5) is 14.3. The molecule has 1 fully saturated rings. The van der Waals surface area contributed by atoms with Gasteiger partial charge in [0.2, 0.25) is 5.91 Å². The number of benzene rings is 1. The molecular formula is C17H23NO5S. The Balaban J connectivity index is 2.13. The molecule has 7 heteroatoms. The van der Waals surface area contributed by atoms with Crippen LogP contribution in [0.15, 0.2) is 36.9 Å². The lowest BCUT2D eigenvalue weighted by atomic mass is 10.0. The predicted molar refractivity (Wildman–Crippen MR) is 91.0 cm³/mol. The van der Waals surface area contributed by atoms with Gasteiger partial charge in [-0.25, -0.2) is 0 Å². The number of hydrogen-bond acceptors (Lipinski definition) is 5. The van der Waals surface area contributed by atoms with Gasteiger partial charge in [-0.05, 0) is 30.5 Å². The van der Waals surface area contributed by atoms with E-state index in [1.54, 1.807) is 18.1 Å². The summed E-state index contributed by atoms with van der Waals surface area (Å²) in [5.41, 5.74) is 0.952. The van der Waals surface area contributed by atoms with E-state index in [1.165, 1.54) is 0 Å². The lowest BCUT2D eigenvalue weighted by Crippen LogP contribution is -2.36. The first-order chi connectivity index (χ1) is 11.3. The van der Waals surface area contributed by atoms with Crippen LogP contribution >= 0.6 is 0 Å². The maximum absolute atomic E-state index is 12.6. The van der Waals surface area contributed by atoms with Crippen LogP contribution in [0.25, 0.3) is 0 Å². The Kier molecular flexibility index (Phi) is 6.01. The fraction of sp³-hybridized carbons (Fsp3) is 0.471. The summed E-state index contributed by atoms with van der Waals surface area (Å²) in [7, 11) is -1.94. The van der Waals surface area contributed by atoms with Gasteiger partial charge in [-0.3, -0.25) is 8.98 Å². The first-order valence-electron chi connectivity index (χ1n) is 7.72. The van der Waals surface area contributed by atoms with E-state index in [0.717, 1.165) is 17.6 Å². The number of carbonyl (C=O) groups excluding carboxylic acids is 1. The van der Waals surface area contributed by atoms with E-state index in [0.29, 0.717) is 19.4 Å². The molecule has 0 bridgehead atoms. The highest BCUT2D eigenvalue weighted by atomic mass is 32.2. The molecule has 24 heavy (non-hydrogen) atoms. The van der Waals surface area contributed by atoms with E-state index in [1.807, 2.05) is 24.3 Å². The van der Waals surface area contributed by atoms with Crippen molar-refractivity contribution in [3.63, 3.8) is 0 Å². The number of hydrogen-bond donors (Lipinski definition) is 0. The zero-order valence-electron chi connectivity index (χ0n) is 14.0. The van der Waals surface area contributed by atoms with Gasteiger partial charge < -0.3 is 9.64 Å². The zero-order chi connectivity index (χ0) is 17.7. The molecule has 0 saturated carbocycles. The van der Waals surface area contributed by atoms with Gasteiger partial charge in [0.05, 0.1) is 26.0 Å². The first kappa shape index (κ1) is 18.5. The molecule has 2 rings (SSSR count). The van der Waals surface area contributed by atoms with Crippen molar-refractivity contribution in [1.82, 2.24) is 4.90 Å². The summed E-state index contributed by atoms with van der Waals surface area (Å²) < 4.78 is 32.6. The second-order valence-electron chi connectivity index (χ2n) is 5.91. The third kappa shape index (κ3) is 4.82. The second kappa shape index (κ2) is 7.81. The van der Waals surface area contributed by atoms with E-state index in [4.69, 9.17) is 8.92 Å². The molecule has 1 aliphatic heterocycles. The van der Waals surface area contributed by atoms with Crippen LogP contribution in [0.3, 0.4) is 0 Å². The fourth-order valence-electron chi connectivity index (χ4n) is 2.86. The summed E-state index contributed by atoms with van der Waals surface area (Å²) >= 11 is 0. The third-order valence-electron chi connectivity index (χ3n) is 4.07. The number of amides is 1. The maximum atomic E-state index is 12.6. The second-order valence-corrected chi connectivity index (χ2v) is 7.56. The summed E-state index contributed by atoms with van der Waals surface area (Å²) in [6, 6.07) is 7.18. The van der Waals surface area contributed by atoms with E-state index in [9.17, 15) is 13.2 Å². The molecule has 1 heterocycles. The van der Waals surface area contributed by atoms with Crippen molar-refractivity contribution in [2.24, 2.45) is 5.92 Å². The lowest BCUT2D eigenvalue weighted by molar-refractivity contribution is -0.132. The summed E-state index contributed by atoms with van der Waals surface area (Å²) in [6.07, 6.45) is 3.87. The quantitative estimate of drug-likeness (QED) is 0.528. The largest absolute Gasteiger partial charge is 0.497 e. The Morgan fingerprint density at radius 3 is 2.54 bits per heavy atom. The number of nitrogens with zero attached hydrogens (tertiary/aromatic N) is 1. The zero-order valence-corrected chi connectivity index (χ0v) is 14.8. The molecular weight excluding hydrogens is 330 g/mol. The number of likely N-dealkylation sites (tertiary alicyclic amines) is 1. The SMILES string of the molecule is C=CC[C@@H]1C[C@@H](COS(C)(=O)=O)N(Cc2ccc(OC)cc2)C1=O. The highest BCUT2D eigenvalue weighted by Crippen LogP contribution is 2.30. The van der Waals surface area contributed by atoms with Gasteiger partial charge in [-0.1, -0.05) is 18.2 Å². The van der Waals surface area contributed by atoms with Crippen LogP contribution in [0.5, 0.6) is 5.75 Å². The average molecular weight is 353 g/mol. The van der Waals surface area contributed by atoms with E-state index < -0.39 is 10.1 Å². The van der Waals surface area contributed by atoms with Crippen molar-refractivity contribution in [3.05, 3.63) is 42.5 Å². The molecule has 0 unspecified atom stereocenters. The molecule has 6 nitrogen and oxygen atoms in total. The van der Waals surface area contributed by atoms with Crippen molar-refractivity contribution in [2.45, 2.75) is 25.4 Å². The molecule has 0 aromatic heterocycles. The smallest absolute Gasteiger partial charge is 0.264 e. The molecule has 132 valence electrons. The normalized spacial score (nSPS) is 21.1. The van der Waals surface area contributed by atoms with Crippen LogP contribution in [-0.4, -0.2) is 45.2 Å². The number of ether oxygens (including phenoxy) is 1. The minimum atomic E-state index is -3.54. The number of carbonyl (C=O) groups is 1. The lowest BCUT2D eigenvalue weighted by Gasteiger charge is -2.24. The minimum absolute atomic E-state index is 0.00724. The molecule has 1 aromatic rings. The number of rotatable bonds is 8. The van der Waals surface area contributed by atoms with Crippen LogP contribution in [-0.2, 0) is 25.6 Å². The van der Waals surface area contributed by atoms with Crippen LogP contribution in [0.2, 0.25) is 0 Å². The number of methoxy groups -OCH3 is 1. The van der Waals surface area contributed by atoms with Crippen molar-refractivity contribution in [1.29, 1.82) is 0 Å². The van der Waals surface area contributed by atoms with Gasteiger partial charge in [0.15, 0.2) is 0 Å². The predicted octanol–water partition coefficient (Wildman–Crippen LogP) is 1.96. The fourth-order valence-corrected chi connectivity index (χ4v) is 3.27. The summed E-state index contributed by atoms with van der Waals surface area (Å²) in [5, 5.41) is 0. The van der Waals surface area contributed by atoms with Gasteiger partial charge in [0.25, 0.3) is 10.1 Å². The molecule has 0 N–H and O–H groups in total. The molecule has 2 atom stereocenters. The first-order valence-corrected chi connectivity index (χ1v) is 9.54. The monoisotopic (exact) mass is 353 g/mol. The van der Waals surface area contributed by atoms with Gasteiger partial charge in [-0.2, -0.15) is 8.42 Å². The molecule has 1 saturated heterocycles. The van der Waals surface area contributed by atoms with Gasteiger partial charge in [0.1, 0.15) is 5.75 Å². The molecule has 0 radical (unpaired) electrons. The van der Waals surface area contributed by atoms with Gasteiger partial charge in [-0.15, -0.1) is 6.58 Å². The Morgan fingerprint density at radius 1 is 1.33 bits per heavy atom. The Labute approximate surface area is 143 Å². The Hall–Kier alpha value is -1.86. The average Bonchev–Trinajstić information content (AvgIpc) is 2.82.